The maximum Gasteiger partial charge on any atom is 0.306 e. The van der Waals surface area contributed by atoms with Crippen LogP contribution in [0.25, 0.3) is 0 Å². The summed E-state index contributed by atoms with van der Waals surface area (Å²) in [6.07, 6.45) is 2.36. The molecule has 0 heterocycles. The van der Waals surface area contributed by atoms with E-state index in [1.54, 1.807) is 0 Å². The van der Waals surface area contributed by atoms with Gasteiger partial charge in [-0.3, -0.25) is 4.79 Å². The Bertz CT molecular complexity index is 441. The van der Waals surface area contributed by atoms with Crippen molar-refractivity contribution in [1.29, 1.82) is 0 Å². The van der Waals surface area contributed by atoms with Gasteiger partial charge in [-0.2, -0.15) is 0 Å². The van der Waals surface area contributed by atoms with Gasteiger partial charge in [0.1, 0.15) is 0 Å². The third kappa shape index (κ3) is 2.51. The highest BCUT2D eigenvalue weighted by molar-refractivity contribution is 5.71. The summed E-state index contributed by atoms with van der Waals surface area (Å²) in [4.78, 5) is 11.0. The third-order valence-corrected chi connectivity index (χ3v) is 3.65. The van der Waals surface area contributed by atoms with Crippen molar-refractivity contribution >= 4 is 5.97 Å². The predicted molar refractivity (Wildman–Crippen MR) is 68.3 cm³/mol. The minimum Gasteiger partial charge on any atom is -0.481 e. The van der Waals surface area contributed by atoms with Crippen LogP contribution in [0.1, 0.15) is 43.9 Å². The second-order valence-corrected chi connectivity index (χ2v) is 6.01. The number of carbonyl (C=O) groups is 1. The summed E-state index contributed by atoms with van der Waals surface area (Å²) in [5.74, 6) is -0.849. The zero-order chi connectivity index (χ0) is 12.6. The summed E-state index contributed by atoms with van der Waals surface area (Å²) >= 11 is 0. The highest BCUT2D eigenvalue weighted by Gasteiger charge is 2.25. The van der Waals surface area contributed by atoms with Gasteiger partial charge in [0, 0.05) is 0 Å². The molecule has 0 radical (unpaired) electrons. The Balaban J connectivity index is 2.29. The van der Waals surface area contributed by atoms with E-state index in [1.165, 1.54) is 16.7 Å². The average molecular weight is 232 g/mol. The van der Waals surface area contributed by atoms with Crippen molar-refractivity contribution in [3.05, 3.63) is 34.9 Å². The topological polar surface area (TPSA) is 37.3 Å². The zero-order valence-electron chi connectivity index (χ0n) is 10.8. The Hall–Kier alpha value is -1.31. The lowest BCUT2D eigenvalue weighted by Gasteiger charge is -2.25. The lowest BCUT2D eigenvalue weighted by molar-refractivity contribution is -0.142. The second-order valence-electron chi connectivity index (χ2n) is 6.01. The first-order valence-corrected chi connectivity index (χ1v) is 6.23. The van der Waals surface area contributed by atoms with Crippen LogP contribution in [0.5, 0.6) is 0 Å². The minimum atomic E-state index is -0.657. The molecule has 0 amide bonds. The smallest absolute Gasteiger partial charge is 0.306 e. The van der Waals surface area contributed by atoms with Gasteiger partial charge >= 0.3 is 5.97 Å². The van der Waals surface area contributed by atoms with Gasteiger partial charge in [0.2, 0.25) is 0 Å². The predicted octanol–water partition coefficient (Wildman–Crippen LogP) is 3.17. The molecule has 0 bridgehead atoms. The van der Waals surface area contributed by atoms with Gasteiger partial charge in [-0.1, -0.05) is 39.0 Å². The van der Waals surface area contributed by atoms with E-state index in [-0.39, 0.29) is 11.3 Å². The van der Waals surface area contributed by atoms with Gasteiger partial charge in [-0.05, 0) is 41.4 Å². The molecule has 1 atom stereocenters. The van der Waals surface area contributed by atoms with E-state index >= 15 is 0 Å². The number of aryl methyl sites for hydroxylation is 1. The van der Waals surface area contributed by atoms with Crippen molar-refractivity contribution in [3.63, 3.8) is 0 Å². The molecule has 0 saturated heterocycles. The first-order chi connectivity index (χ1) is 7.88. The number of fused-ring (bicyclic) bond motifs is 1. The maximum absolute atomic E-state index is 11.0. The number of aliphatic carboxylic acids is 1. The highest BCUT2D eigenvalue weighted by atomic mass is 16.4. The molecule has 0 spiro atoms. The molecule has 1 aliphatic carbocycles. The molecule has 1 aromatic rings. The number of benzene rings is 1. The van der Waals surface area contributed by atoms with E-state index in [2.05, 4.69) is 39.0 Å². The summed E-state index contributed by atoms with van der Waals surface area (Å²) in [7, 11) is 0. The monoisotopic (exact) mass is 232 g/mol. The molecule has 0 aromatic heterocycles. The van der Waals surface area contributed by atoms with Crippen LogP contribution in [0.3, 0.4) is 0 Å². The molecule has 17 heavy (non-hydrogen) atoms. The Labute approximate surface area is 103 Å². The number of carboxylic acids is 1. The van der Waals surface area contributed by atoms with Crippen LogP contribution in [0.15, 0.2) is 18.2 Å². The van der Waals surface area contributed by atoms with Gasteiger partial charge in [0.05, 0.1) is 5.92 Å². The van der Waals surface area contributed by atoms with Crippen LogP contribution in [-0.2, 0) is 23.1 Å². The summed E-state index contributed by atoms with van der Waals surface area (Å²) in [5, 5.41) is 9.05. The van der Waals surface area contributed by atoms with Crippen LogP contribution < -0.4 is 0 Å². The van der Waals surface area contributed by atoms with E-state index in [0.29, 0.717) is 6.42 Å². The molecule has 1 unspecified atom stereocenters. The number of carboxylic acid groups (broad SMARTS) is 1. The van der Waals surface area contributed by atoms with Gasteiger partial charge in [0.15, 0.2) is 0 Å². The fourth-order valence-electron chi connectivity index (χ4n) is 2.43. The van der Waals surface area contributed by atoms with Gasteiger partial charge < -0.3 is 5.11 Å². The summed E-state index contributed by atoms with van der Waals surface area (Å²) in [6, 6.07) is 6.52. The Kier molecular flexibility index (Phi) is 2.98. The van der Waals surface area contributed by atoms with Crippen LogP contribution in [0.2, 0.25) is 0 Å². The van der Waals surface area contributed by atoms with Crippen molar-refractivity contribution < 1.29 is 9.90 Å². The van der Waals surface area contributed by atoms with Gasteiger partial charge in [-0.25, -0.2) is 0 Å². The molecular formula is C15H20O2. The molecule has 0 saturated carbocycles. The second kappa shape index (κ2) is 4.17. The third-order valence-electron chi connectivity index (χ3n) is 3.65. The molecule has 2 heteroatoms. The van der Waals surface area contributed by atoms with Crippen molar-refractivity contribution in [2.45, 2.75) is 45.4 Å². The number of hydrogen-bond donors (Lipinski definition) is 1. The van der Waals surface area contributed by atoms with Crippen LogP contribution in [0, 0.1) is 5.92 Å². The van der Waals surface area contributed by atoms with Crippen molar-refractivity contribution in [1.82, 2.24) is 0 Å². The number of hydrogen-bond acceptors (Lipinski definition) is 1. The standard InChI is InChI=1S/C15H20O2/c1-15(2,3)13-7-6-10-8-12(14(16)17)5-4-11(10)9-13/h6-7,9,12H,4-5,8H2,1-3H3,(H,16,17). The van der Waals surface area contributed by atoms with E-state index in [9.17, 15) is 4.79 Å². The summed E-state index contributed by atoms with van der Waals surface area (Å²) in [5.41, 5.74) is 4.06. The summed E-state index contributed by atoms with van der Waals surface area (Å²) in [6.45, 7) is 6.62. The molecule has 0 fully saturated rings. The fraction of sp³-hybridized carbons (Fsp3) is 0.533. The largest absolute Gasteiger partial charge is 0.481 e. The Morgan fingerprint density at radius 2 is 2.00 bits per heavy atom. The van der Waals surface area contributed by atoms with Gasteiger partial charge in [-0.15, -0.1) is 0 Å². The molecule has 1 N–H and O–H groups in total. The van der Waals surface area contributed by atoms with E-state index in [4.69, 9.17) is 5.11 Å². The molecular weight excluding hydrogens is 212 g/mol. The molecule has 1 aliphatic rings. The van der Waals surface area contributed by atoms with E-state index < -0.39 is 5.97 Å². The Morgan fingerprint density at radius 3 is 2.59 bits per heavy atom. The average Bonchev–Trinajstić information content (AvgIpc) is 2.26. The lowest BCUT2D eigenvalue weighted by Crippen LogP contribution is -2.23. The quantitative estimate of drug-likeness (QED) is 0.807. The van der Waals surface area contributed by atoms with Crippen molar-refractivity contribution in [2.75, 3.05) is 0 Å². The zero-order valence-corrected chi connectivity index (χ0v) is 10.8. The summed E-state index contributed by atoms with van der Waals surface area (Å²) < 4.78 is 0. The lowest BCUT2D eigenvalue weighted by atomic mass is 9.79. The highest BCUT2D eigenvalue weighted by Crippen LogP contribution is 2.30. The molecule has 2 nitrogen and oxygen atoms in total. The number of rotatable bonds is 1. The van der Waals surface area contributed by atoms with Crippen LogP contribution in [-0.4, -0.2) is 11.1 Å². The van der Waals surface area contributed by atoms with E-state index in [1.807, 2.05) is 0 Å². The van der Waals surface area contributed by atoms with Crippen LogP contribution >= 0.6 is 0 Å². The van der Waals surface area contributed by atoms with Crippen LogP contribution in [0.4, 0.5) is 0 Å². The molecule has 2 rings (SSSR count). The first kappa shape index (κ1) is 12.2. The van der Waals surface area contributed by atoms with E-state index in [0.717, 1.165) is 12.8 Å². The van der Waals surface area contributed by atoms with Gasteiger partial charge in [0.25, 0.3) is 0 Å². The molecule has 1 aromatic carbocycles. The normalized spacial score (nSPS) is 19.8. The molecule has 0 aliphatic heterocycles. The first-order valence-electron chi connectivity index (χ1n) is 6.23. The fourth-order valence-corrected chi connectivity index (χ4v) is 2.43. The minimum absolute atomic E-state index is 0.165. The molecule has 92 valence electrons. The Morgan fingerprint density at radius 1 is 1.29 bits per heavy atom. The SMILES string of the molecule is CC(C)(C)c1ccc2c(c1)CCC(C(=O)O)C2. The maximum atomic E-state index is 11.0. The van der Waals surface area contributed by atoms with Crippen molar-refractivity contribution in [3.8, 4) is 0 Å². The van der Waals surface area contributed by atoms with Crippen molar-refractivity contribution in [2.24, 2.45) is 5.92 Å².